The summed E-state index contributed by atoms with van der Waals surface area (Å²) in [6, 6.07) is 5.81. The molecule has 1 aromatic heterocycles. The van der Waals surface area contributed by atoms with Crippen LogP contribution in [0.5, 0.6) is 0 Å². The van der Waals surface area contributed by atoms with Gasteiger partial charge in [0.1, 0.15) is 0 Å². The zero-order valence-corrected chi connectivity index (χ0v) is 14.1. The van der Waals surface area contributed by atoms with Gasteiger partial charge in [0.2, 0.25) is 5.91 Å². The van der Waals surface area contributed by atoms with Gasteiger partial charge in [-0.25, -0.2) is 0 Å². The molecule has 0 spiro atoms. The monoisotopic (exact) mass is 301 g/mol. The molecule has 0 fully saturated rings. The van der Waals surface area contributed by atoms with Gasteiger partial charge in [0.15, 0.2) is 0 Å². The first-order valence-electron chi connectivity index (χ1n) is 7.99. The number of nitrogens with two attached hydrogens (primary N) is 1. The molecule has 0 aliphatic heterocycles. The number of aromatic nitrogens is 1. The van der Waals surface area contributed by atoms with Crippen molar-refractivity contribution in [1.82, 2.24) is 9.47 Å². The molecule has 1 atom stereocenters. The summed E-state index contributed by atoms with van der Waals surface area (Å²) in [6.45, 7) is 5.09. The van der Waals surface area contributed by atoms with Crippen molar-refractivity contribution < 1.29 is 4.79 Å². The van der Waals surface area contributed by atoms with E-state index in [0.717, 1.165) is 31.3 Å². The summed E-state index contributed by atoms with van der Waals surface area (Å²) in [4.78, 5) is 14.8. The minimum atomic E-state index is -0.427. The Labute approximate surface area is 132 Å². The van der Waals surface area contributed by atoms with E-state index < -0.39 is 6.04 Å². The van der Waals surface area contributed by atoms with E-state index in [9.17, 15) is 4.79 Å². The van der Waals surface area contributed by atoms with Gasteiger partial charge in [0.25, 0.3) is 0 Å². The first kappa shape index (κ1) is 16.7. The average Bonchev–Trinajstić information content (AvgIpc) is 2.82. The number of nitrogens with zero attached hydrogens (tertiary/aromatic N) is 2. The molecule has 2 rings (SSSR count). The van der Waals surface area contributed by atoms with Crippen molar-refractivity contribution in [3.8, 4) is 0 Å². The summed E-state index contributed by atoms with van der Waals surface area (Å²) in [5.74, 6) is -0.00759. The highest BCUT2D eigenvalue weighted by molar-refractivity contribution is 5.96. The average molecular weight is 301 g/mol. The maximum atomic E-state index is 12.6. The highest BCUT2D eigenvalue weighted by Crippen LogP contribution is 2.24. The van der Waals surface area contributed by atoms with Crippen LogP contribution < -0.4 is 5.73 Å². The summed E-state index contributed by atoms with van der Waals surface area (Å²) in [6.07, 6.45) is 4.54. The predicted molar refractivity (Wildman–Crippen MR) is 92.4 cm³/mol. The summed E-state index contributed by atoms with van der Waals surface area (Å²) in [5, 5.41) is 1.17. The molecule has 4 heteroatoms. The standard InChI is InChI=1S/C18H27N3O/c1-5-6-16(19)18(22)21-12-14(9-10-20(3)4)15-11-13(2)7-8-17(15)21/h7-8,11-12,16H,5-6,9-10,19H2,1-4H3. The van der Waals surface area contributed by atoms with E-state index in [1.54, 1.807) is 4.57 Å². The lowest BCUT2D eigenvalue weighted by atomic mass is 10.1. The fraction of sp³-hybridized carbons (Fsp3) is 0.500. The van der Waals surface area contributed by atoms with E-state index in [1.807, 2.05) is 25.3 Å². The molecule has 4 nitrogen and oxygen atoms in total. The van der Waals surface area contributed by atoms with Crippen molar-refractivity contribution in [3.63, 3.8) is 0 Å². The van der Waals surface area contributed by atoms with Crippen LogP contribution in [0.1, 0.15) is 35.7 Å². The first-order chi connectivity index (χ1) is 10.4. The third-order valence-corrected chi connectivity index (χ3v) is 4.03. The second-order valence-corrected chi connectivity index (χ2v) is 6.33. The number of carbonyl (C=O) groups excluding carboxylic acids is 1. The molecule has 1 unspecified atom stereocenters. The molecule has 0 amide bonds. The van der Waals surface area contributed by atoms with Crippen LogP contribution in [0.25, 0.3) is 10.9 Å². The molecule has 0 aliphatic carbocycles. The summed E-state index contributed by atoms with van der Waals surface area (Å²) < 4.78 is 1.75. The third kappa shape index (κ3) is 3.57. The molecule has 2 aromatic rings. The smallest absolute Gasteiger partial charge is 0.247 e. The van der Waals surface area contributed by atoms with E-state index in [-0.39, 0.29) is 5.91 Å². The van der Waals surface area contributed by atoms with Gasteiger partial charge >= 0.3 is 0 Å². The lowest BCUT2D eigenvalue weighted by Crippen LogP contribution is -2.34. The number of likely N-dealkylation sites (N-methyl/N-ethyl adjacent to an activating group) is 1. The minimum absolute atomic E-state index is 0.00759. The van der Waals surface area contributed by atoms with Crippen molar-refractivity contribution >= 4 is 16.8 Å². The van der Waals surface area contributed by atoms with E-state index in [0.29, 0.717) is 0 Å². The molecular weight excluding hydrogens is 274 g/mol. The van der Waals surface area contributed by atoms with E-state index in [4.69, 9.17) is 5.73 Å². The van der Waals surface area contributed by atoms with Crippen LogP contribution in [0, 0.1) is 6.92 Å². The fourth-order valence-electron chi connectivity index (χ4n) is 2.75. The summed E-state index contributed by atoms with van der Waals surface area (Å²) in [7, 11) is 4.12. The highest BCUT2D eigenvalue weighted by Gasteiger charge is 2.19. The van der Waals surface area contributed by atoms with Crippen LogP contribution in [-0.4, -0.2) is 42.1 Å². The lowest BCUT2D eigenvalue weighted by Gasteiger charge is -2.11. The Hall–Kier alpha value is -1.65. The molecule has 1 heterocycles. The Morgan fingerprint density at radius 2 is 2.09 bits per heavy atom. The van der Waals surface area contributed by atoms with Gasteiger partial charge in [-0.15, -0.1) is 0 Å². The molecule has 120 valence electrons. The van der Waals surface area contributed by atoms with Crippen molar-refractivity contribution in [3.05, 3.63) is 35.5 Å². The molecular formula is C18H27N3O. The molecule has 0 saturated heterocycles. The number of carbonyl (C=O) groups is 1. The van der Waals surface area contributed by atoms with Gasteiger partial charge in [-0.05, 0) is 51.6 Å². The largest absolute Gasteiger partial charge is 0.320 e. The Balaban J connectivity index is 2.44. The van der Waals surface area contributed by atoms with E-state index in [1.165, 1.54) is 16.5 Å². The molecule has 0 saturated carbocycles. The molecule has 0 radical (unpaired) electrons. The van der Waals surface area contributed by atoms with Crippen molar-refractivity contribution in [2.45, 2.75) is 39.2 Å². The molecule has 1 aromatic carbocycles. The van der Waals surface area contributed by atoms with Gasteiger partial charge in [0, 0.05) is 18.1 Å². The Bertz CT molecular complexity index is 658. The number of aryl methyl sites for hydroxylation is 1. The van der Waals surface area contributed by atoms with Gasteiger partial charge in [0.05, 0.1) is 11.6 Å². The zero-order valence-electron chi connectivity index (χ0n) is 14.1. The van der Waals surface area contributed by atoms with Crippen molar-refractivity contribution in [2.75, 3.05) is 20.6 Å². The Morgan fingerprint density at radius 1 is 1.36 bits per heavy atom. The topological polar surface area (TPSA) is 51.3 Å². The Kier molecular flexibility index (Phi) is 5.37. The zero-order chi connectivity index (χ0) is 16.3. The SMILES string of the molecule is CCCC(N)C(=O)n1cc(CCN(C)C)c2cc(C)ccc21. The number of rotatable bonds is 6. The quantitative estimate of drug-likeness (QED) is 0.892. The highest BCUT2D eigenvalue weighted by atomic mass is 16.2. The Morgan fingerprint density at radius 3 is 2.73 bits per heavy atom. The van der Waals surface area contributed by atoms with E-state index in [2.05, 4.69) is 32.0 Å². The molecule has 0 bridgehead atoms. The third-order valence-electron chi connectivity index (χ3n) is 4.03. The maximum absolute atomic E-state index is 12.6. The number of hydrogen-bond donors (Lipinski definition) is 1. The molecule has 22 heavy (non-hydrogen) atoms. The van der Waals surface area contributed by atoms with Crippen molar-refractivity contribution in [2.24, 2.45) is 5.73 Å². The number of fused-ring (bicyclic) bond motifs is 1. The molecule has 2 N–H and O–H groups in total. The van der Waals surface area contributed by atoms with Crippen LogP contribution in [0.2, 0.25) is 0 Å². The second kappa shape index (κ2) is 7.07. The summed E-state index contributed by atoms with van der Waals surface area (Å²) >= 11 is 0. The molecule has 0 aliphatic rings. The van der Waals surface area contributed by atoms with Gasteiger partial charge in [-0.1, -0.05) is 25.0 Å². The second-order valence-electron chi connectivity index (χ2n) is 6.33. The van der Waals surface area contributed by atoms with Crippen LogP contribution >= 0.6 is 0 Å². The first-order valence-corrected chi connectivity index (χ1v) is 7.99. The van der Waals surface area contributed by atoms with Gasteiger partial charge in [-0.2, -0.15) is 0 Å². The van der Waals surface area contributed by atoms with Crippen LogP contribution in [0.15, 0.2) is 24.4 Å². The number of benzene rings is 1. The van der Waals surface area contributed by atoms with Crippen LogP contribution in [0.3, 0.4) is 0 Å². The minimum Gasteiger partial charge on any atom is -0.320 e. The van der Waals surface area contributed by atoms with Crippen molar-refractivity contribution in [1.29, 1.82) is 0 Å². The van der Waals surface area contributed by atoms with Gasteiger partial charge < -0.3 is 10.6 Å². The van der Waals surface area contributed by atoms with E-state index >= 15 is 0 Å². The maximum Gasteiger partial charge on any atom is 0.247 e. The fourth-order valence-corrected chi connectivity index (χ4v) is 2.75. The lowest BCUT2D eigenvalue weighted by molar-refractivity contribution is 0.0880. The number of hydrogen-bond acceptors (Lipinski definition) is 3. The normalized spacial score (nSPS) is 13.0. The van der Waals surface area contributed by atoms with Crippen LogP contribution in [-0.2, 0) is 6.42 Å². The van der Waals surface area contributed by atoms with Crippen LogP contribution in [0.4, 0.5) is 0 Å². The summed E-state index contributed by atoms with van der Waals surface area (Å²) in [5.41, 5.74) is 9.42. The van der Waals surface area contributed by atoms with Gasteiger partial charge in [-0.3, -0.25) is 9.36 Å². The predicted octanol–water partition coefficient (Wildman–Crippen LogP) is 2.82.